The van der Waals surface area contributed by atoms with E-state index in [1.165, 1.54) is 0 Å². The molecule has 2 nitrogen and oxygen atoms in total. The molecule has 1 aromatic carbocycles. The van der Waals surface area contributed by atoms with Crippen LogP contribution in [0.4, 0.5) is 0 Å². The highest BCUT2D eigenvalue weighted by Crippen LogP contribution is 2.23. The predicted molar refractivity (Wildman–Crippen MR) is 51.8 cm³/mol. The number of methoxy groups -OCH3 is 1. The van der Waals surface area contributed by atoms with Crippen LogP contribution in [0.1, 0.15) is 24.0 Å². The zero-order chi connectivity index (χ0) is 9.84. The Kier molecular flexibility index (Phi) is 2.92. The molecule has 0 saturated heterocycles. The van der Waals surface area contributed by atoms with E-state index in [9.17, 15) is 0 Å². The lowest BCUT2D eigenvalue weighted by molar-refractivity contribution is 0.411. The second kappa shape index (κ2) is 3.95. The van der Waals surface area contributed by atoms with Gasteiger partial charge in [0.25, 0.3) is 0 Å². The van der Waals surface area contributed by atoms with Gasteiger partial charge in [-0.25, -0.2) is 0 Å². The normalized spacial score (nSPS) is 11.8. The highest BCUT2D eigenvalue weighted by molar-refractivity contribution is 5.39. The third-order valence-electron chi connectivity index (χ3n) is 2.13. The van der Waals surface area contributed by atoms with E-state index in [1.807, 2.05) is 32.0 Å². The van der Waals surface area contributed by atoms with Gasteiger partial charge >= 0.3 is 0 Å². The fraction of sp³-hybridized carbons (Fsp3) is 0.364. The molecule has 0 heterocycles. The summed E-state index contributed by atoms with van der Waals surface area (Å²) in [6.45, 7) is 3.86. The molecular formula is C11H13NO. The van der Waals surface area contributed by atoms with Crippen molar-refractivity contribution < 1.29 is 4.74 Å². The Morgan fingerprint density at radius 3 is 2.69 bits per heavy atom. The van der Waals surface area contributed by atoms with Crippen molar-refractivity contribution in [3.63, 3.8) is 0 Å². The zero-order valence-corrected chi connectivity index (χ0v) is 8.16. The van der Waals surface area contributed by atoms with Crippen LogP contribution in [0.5, 0.6) is 5.75 Å². The minimum Gasteiger partial charge on any atom is -0.496 e. The largest absolute Gasteiger partial charge is 0.496 e. The number of aryl methyl sites for hydroxylation is 1. The summed E-state index contributed by atoms with van der Waals surface area (Å²) in [5.41, 5.74) is 2.10. The first-order valence-corrected chi connectivity index (χ1v) is 4.23. The first-order chi connectivity index (χ1) is 6.19. The Balaban J connectivity index is 3.08. The smallest absolute Gasteiger partial charge is 0.122 e. The quantitative estimate of drug-likeness (QED) is 0.692. The summed E-state index contributed by atoms with van der Waals surface area (Å²) < 4.78 is 5.17. The lowest BCUT2D eigenvalue weighted by atomic mass is 10.0. The molecule has 0 radical (unpaired) electrons. The molecule has 13 heavy (non-hydrogen) atoms. The summed E-state index contributed by atoms with van der Waals surface area (Å²) in [5, 5.41) is 8.73. The van der Waals surface area contributed by atoms with E-state index in [4.69, 9.17) is 10.00 Å². The molecule has 1 unspecified atom stereocenters. The van der Waals surface area contributed by atoms with Crippen molar-refractivity contribution >= 4 is 0 Å². The molecule has 1 aromatic rings. The van der Waals surface area contributed by atoms with Crippen LogP contribution in [-0.4, -0.2) is 7.11 Å². The lowest BCUT2D eigenvalue weighted by Gasteiger charge is -2.08. The predicted octanol–water partition coefficient (Wildman–Crippen LogP) is 2.63. The van der Waals surface area contributed by atoms with Gasteiger partial charge in [-0.05, 0) is 31.0 Å². The molecule has 0 fully saturated rings. The summed E-state index contributed by atoms with van der Waals surface area (Å²) in [5.74, 6) is 0.772. The van der Waals surface area contributed by atoms with Gasteiger partial charge in [-0.15, -0.1) is 0 Å². The van der Waals surface area contributed by atoms with Crippen LogP contribution < -0.4 is 4.74 Å². The molecule has 0 bridgehead atoms. The molecule has 0 amide bonds. The minimum absolute atomic E-state index is 0.0745. The van der Waals surface area contributed by atoms with E-state index in [-0.39, 0.29) is 5.92 Å². The molecule has 1 rings (SSSR count). The highest BCUT2D eigenvalue weighted by atomic mass is 16.5. The lowest BCUT2D eigenvalue weighted by Crippen LogP contribution is -1.93. The second-order valence-electron chi connectivity index (χ2n) is 3.08. The third-order valence-corrected chi connectivity index (χ3v) is 2.13. The molecule has 2 heteroatoms. The standard InChI is InChI=1S/C11H13NO/c1-8-4-5-10(9(2)7-12)6-11(8)13-3/h4-6,9H,1-3H3. The minimum atomic E-state index is -0.0745. The number of benzene rings is 1. The van der Waals surface area contributed by atoms with Crippen molar-refractivity contribution in [3.05, 3.63) is 29.3 Å². The maximum Gasteiger partial charge on any atom is 0.122 e. The van der Waals surface area contributed by atoms with Crippen LogP contribution in [-0.2, 0) is 0 Å². The first kappa shape index (κ1) is 9.60. The summed E-state index contributed by atoms with van der Waals surface area (Å²) in [4.78, 5) is 0. The van der Waals surface area contributed by atoms with Crippen molar-refractivity contribution in [1.29, 1.82) is 5.26 Å². The molecule has 0 spiro atoms. The van der Waals surface area contributed by atoms with E-state index < -0.39 is 0 Å². The SMILES string of the molecule is COc1cc(C(C)C#N)ccc1C. The fourth-order valence-corrected chi connectivity index (χ4v) is 1.18. The van der Waals surface area contributed by atoms with Gasteiger partial charge in [0.2, 0.25) is 0 Å². The Bertz CT molecular complexity index is 338. The number of rotatable bonds is 2. The van der Waals surface area contributed by atoms with Crippen LogP contribution in [0.15, 0.2) is 18.2 Å². The maximum absolute atomic E-state index is 8.73. The Hall–Kier alpha value is -1.49. The van der Waals surface area contributed by atoms with E-state index in [0.29, 0.717) is 0 Å². The average Bonchev–Trinajstić information content (AvgIpc) is 2.17. The molecule has 68 valence electrons. The van der Waals surface area contributed by atoms with Gasteiger partial charge in [0, 0.05) is 0 Å². The van der Waals surface area contributed by atoms with Crippen molar-refractivity contribution in [2.45, 2.75) is 19.8 Å². The van der Waals surface area contributed by atoms with Gasteiger partial charge in [0.1, 0.15) is 5.75 Å². The van der Waals surface area contributed by atoms with Crippen LogP contribution in [0.2, 0.25) is 0 Å². The van der Waals surface area contributed by atoms with Crippen LogP contribution in [0, 0.1) is 18.3 Å². The van der Waals surface area contributed by atoms with E-state index in [2.05, 4.69) is 6.07 Å². The van der Waals surface area contributed by atoms with Crippen molar-refractivity contribution in [1.82, 2.24) is 0 Å². The van der Waals surface area contributed by atoms with E-state index in [0.717, 1.165) is 16.9 Å². The van der Waals surface area contributed by atoms with E-state index in [1.54, 1.807) is 7.11 Å². The van der Waals surface area contributed by atoms with Crippen LogP contribution in [0.25, 0.3) is 0 Å². The molecule has 0 aromatic heterocycles. The Labute approximate surface area is 78.8 Å². The molecule has 0 aliphatic rings. The Morgan fingerprint density at radius 1 is 1.46 bits per heavy atom. The summed E-state index contributed by atoms with van der Waals surface area (Å²) >= 11 is 0. The third kappa shape index (κ3) is 2.00. The maximum atomic E-state index is 8.73. The average molecular weight is 175 g/mol. The van der Waals surface area contributed by atoms with Gasteiger partial charge in [-0.1, -0.05) is 12.1 Å². The number of nitriles is 1. The summed E-state index contributed by atoms with van der Waals surface area (Å²) in [7, 11) is 1.64. The van der Waals surface area contributed by atoms with Gasteiger partial charge in [-0.2, -0.15) is 5.26 Å². The van der Waals surface area contributed by atoms with Crippen molar-refractivity contribution in [3.8, 4) is 11.8 Å². The first-order valence-electron chi connectivity index (χ1n) is 4.23. The molecule has 0 aliphatic carbocycles. The fourth-order valence-electron chi connectivity index (χ4n) is 1.18. The monoisotopic (exact) mass is 175 g/mol. The highest BCUT2D eigenvalue weighted by Gasteiger charge is 2.06. The summed E-state index contributed by atoms with van der Waals surface area (Å²) in [6, 6.07) is 8.05. The van der Waals surface area contributed by atoms with Crippen molar-refractivity contribution in [2.24, 2.45) is 0 Å². The molecule has 0 N–H and O–H groups in total. The molecule has 0 saturated carbocycles. The van der Waals surface area contributed by atoms with Gasteiger partial charge in [-0.3, -0.25) is 0 Å². The van der Waals surface area contributed by atoms with Crippen molar-refractivity contribution in [2.75, 3.05) is 7.11 Å². The van der Waals surface area contributed by atoms with Gasteiger partial charge in [0.05, 0.1) is 19.1 Å². The molecular weight excluding hydrogens is 162 g/mol. The van der Waals surface area contributed by atoms with Crippen LogP contribution in [0.3, 0.4) is 0 Å². The number of nitrogens with zero attached hydrogens (tertiary/aromatic N) is 1. The second-order valence-corrected chi connectivity index (χ2v) is 3.08. The number of hydrogen-bond acceptors (Lipinski definition) is 2. The molecule has 0 aliphatic heterocycles. The van der Waals surface area contributed by atoms with Gasteiger partial charge < -0.3 is 4.74 Å². The topological polar surface area (TPSA) is 33.0 Å². The number of ether oxygens (including phenoxy) is 1. The van der Waals surface area contributed by atoms with E-state index >= 15 is 0 Å². The van der Waals surface area contributed by atoms with Crippen LogP contribution >= 0.6 is 0 Å². The Morgan fingerprint density at radius 2 is 2.15 bits per heavy atom. The summed E-state index contributed by atoms with van der Waals surface area (Å²) in [6.07, 6.45) is 0. The van der Waals surface area contributed by atoms with Gasteiger partial charge in [0.15, 0.2) is 0 Å². The zero-order valence-electron chi connectivity index (χ0n) is 8.16. The molecule has 1 atom stereocenters. The number of hydrogen-bond donors (Lipinski definition) is 0.